The normalized spacial score (nSPS) is 10.7. The van der Waals surface area contributed by atoms with Crippen molar-refractivity contribution in [2.45, 2.75) is 19.4 Å². The lowest BCUT2D eigenvalue weighted by atomic mass is 10.1. The monoisotopic (exact) mass is 396 g/mol. The summed E-state index contributed by atoms with van der Waals surface area (Å²) in [5, 5.41) is 0.699. The molecule has 0 fully saturated rings. The molecule has 0 spiro atoms. The van der Waals surface area contributed by atoms with E-state index in [-0.39, 0.29) is 6.03 Å². The molecule has 2 amide bonds. The molecule has 146 valence electrons. The minimum atomic E-state index is 0.00472. The van der Waals surface area contributed by atoms with Crippen LogP contribution in [0.4, 0.5) is 4.79 Å². The molecule has 0 bridgehead atoms. The highest BCUT2D eigenvalue weighted by molar-refractivity contribution is 6.30. The summed E-state index contributed by atoms with van der Waals surface area (Å²) in [5.41, 5.74) is 4.52. The van der Waals surface area contributed by atoms with Gasteiger partial charge in [0.15, 0.2) is 0 Å². The number of benzene rings is 2. The van der Waals surface area contributed by atoms with E-state index in [9.17, 15) is 4.79 Å². The number of H-pyrrole nitrogens is 1. The number of hydrogen-bond donors (Lipinski definition) is 1. The molecule has 1 N–H and O–H groups in total. The third kappa shape index (κ3) is 5.60. The molecule has 3 rings (SSSR count). The van der Waals surface area contributed by atoms with E-state index in [1.165, 1.54) is 11.1 Å². The molecule has 1 aromatic heterocycles. The van der Waals surface area contributed by atoms with Gasteiger partial charge in [-0.15, -0.1) is 0 Å². The quantitative estimate of drug-likeness (QED) is 0.644. The third-order valence-electron chi connectivity index (χ3n) is 4.69. The lowest BCUT2D eigenvalue weighted by Crippen LogP contribution is -2.39. The Balaban J connectivity index is 1.47. The van der Waals surface area contributed by atoms with E-state index >= 15 is 0 Å². The number of amides is 2. The number of imidazole rings is 1. The summed E-state index contributed by atoms with van der Waals surface area (Å²) in [6, 6.07) is 16.1. The van der Waals surface area contributed by atoms with Crippen LogP contribution in [0, 0.1) is 0 Å². The maximum atomic E-state index is 12.6. The standard InChI is InChI=1S/C22H25ClN4O/c1-26(22(28)27(2)15-19-7-9-20(23)10-8-19)12-11-17-3-5-18(6-4-17)13-21-14-24-16-25-21/h3-10,14,16H,11-13,15H2,1-2H3,(H,24,25). The van der Waals surface area contributed by atoms with E-state index in [0.717, 1.165) is 24.1 Å². The molecule has 0 unspecified atom stereocenters. The molecule has 0 aliphatic carbocycles. The van der Waals surface area contributed by atoms with Gasteiger partial charge in [0.2, 0.25) is 0 Å². The first-order valence-corrected chi connectivity index (χ1v) is 9.65. The van der Waals surface area contributed by atoms with Crippen molar-refractivity contribution in [2.24, 2.45) is 0 Å². The number of likely N-dealkylation sites (N-methyl/N-ethyl adjacent to an activating group) is 1. The van der Waals surface area contributed by atoms with Gasteiger partial charge in [0.25, 0.3) is 0 Å². The summed E-state index contributed by atoms with van der Waals surface area (Å²) in [7, 11) is 3.66. The molecule has 3 aromatic rings. The largest absolute Gasteiger partial charge is 0.351 e. The van der Waals surface area contributed by atoms with Crippen molar-refractivity contribution < 1.29 is 4.79 Å². The number of aromatic nitrogens is 2. The molecule has 5 nitrogen and oxygen atoms in total. The van der Waals surface area contributed by atoms with Crippen molar-refractivity contribution in [3.8, 4) is 0 Å². The molecule has 2 aromatic carbocycles. The Hall–Kier alpha value is -2.79. The molecule has 6 heteroatoms. The molecule has 28 heavy (non-hydrogen) atoms. The predicted molar refractivity (Wildman–Crippen MR) is 112 cm³/mol. The minimum Gasteiger partial charge on any atom is -0.351 e. The third-order valence-corrected chi connectivity index (χ3v) is 4.94. The van der Waals surface area contributed by atoms with Crippen LogP contribution in [0.25, 0.3) is 0 Å². The highest BCUT2D eigenvalue weighted by Crippen LogP contribution is 2.13. The summed E-state index contributed by atoms with van der Waals surface area (Å²) in [6.45, 7) is 1.23. The Kier molecular flexibility index (Phi) is 6.71. The van der Waals surface area contributed by atoms with Gasteiger partial charge in [-0.1, -0.05) is 48.0 Å². The Morgan fingerprint density at radius 3 is 2.25 bits per heavy atom. The summed E-state index contributed by atoms with van der Waals surface area (Å²) in [5.74, 6) is 0. The van der Waals surface area contributed by atoms with Crippen LogP contribution in [-0.2, 0) is 19.4 Å². The summed E-state index contributed by atoms with van der Waals surface area (Å²) >= 11 is 5.91. The number of carbonyl (C=O) groups excluding carboxylic acids is 1. The predicted octanol–water partition coefficient (Wildman–Crippen LogP) is 4.38. The Labute approximate surface area is 171 Å². The van der Waals surface area contributed by atoms with Gasteiger partial charge in [-0.05, 0) is 35.2 Å². The van der Waals surface area contributed by atoms with E-state index in [4.69, 9.17) is 11.6 Å². The number of aromatic amines is 1. The second kappa shape index (κ2) is 9.42. The van der Waals surface area contributed by atoms with Gasteiger partial charge in [0.05, 0.1) is 12.0 Å². The van der Waals surface area contributed by atoms with Crippen LogP contribution in [0.3, 0.4) is 0 Å². The SMILES string of the molecule is CN(CCc1ccc(Cc2c[nH]cn2)cc1)C(=O)N(C)Cc1ccc(Cl)cc1. The van der Waals surface area contributed by atoms with E-state index in [0.29, 0.717) is 18.1 Å². The fraction of sp³-hybridized carbons (Fsp3) is 0.273. The molecule has 0 aliphatic rings. The molecule has 0 saturated heterocycles. The van der Waals surface area contributed by atoms with Gasteiger partial charge in [0.1, 0.15) is 0 Å². The van der Waals surface area contributed by atoms with Crippen LogP contribution in [0.5, 0.6) is 0 Å². The first kappa shape index (κ1) is 20.0. The number of halogens is 1. The lowest BCUT2D eigenvalue weighted by Gasteiger charge is -2.25. The Bertz CT molecular complexity index is 876. The maximum Gasteiger partial charge on any atom is 0.319 e. The zero-order valence-electron chi connectivity index (χ0n) is 16.2. The average Bonchev–Trinajstić information content (AvgIpc) is 3.21. The summed E-state index contributed by atoms with van der Waals surface area (Å²) < 4.78 is 0. The molecular formula is C22H25ClN4O. The van der Waals surface area contributed by atoms with Crippen LogP contribution in [0.15, 0.2) is 61.1 Å². The van der Waals surface area contributed by atoms with E-state index in [1.54, 1.807) is 16.1 Å². The van der Waals surface area contributed by atoms with E-state index in [2.05, 4.69) is 34.2 Å². The van der Waals surface area contributed by atoms with Crippen molar-refractivity contribution in [1.82, 2.24) is 19.8 Å². The smallest absolute Gasteiger partial charge is 0.319 e. The number of carbonyl (C=O) groups is 1. The number of rotatable bonds is 7. The molecule has 0 atom stereocenters. The van der Waals surface area contributed by atoms with Crippen molar-refractivity contribution in [1.29, 1.82) is 0 Å². The number of urea groups is 1. The fourth-order valence-electron chi connectivity index (χ4n) is 3.04. The second-order valence-corrected chi connectivity index (χ2v) is 7.43. The van der Waals surface area contributed by atoms with Gasteiger partial charge in [-0.3, -0.25) is 0 Å². The first-order valence-electron chi connectivity index (χ1n) is 9.27. The maximum absolute atomic E-state index is 12.6. The van der Waals surface area contributed by atoms with Gasteiger partial charge < -0.3 is 14.8 Å². The van der Waals surface area contributed by atoms with Crippen molar-refractivity contribution in [3.63, 3.8) is 0 Å². The van der Waals surface area contributed by atoms with Gasteiger partial charge in [-0.25, -0.2) is 9.78 Å². The molecule has 0 aliphatic heterocycles. The number of nitrogens with zero attached hydrogens (tertiary/aromatic N) is 3. The average molecular weight is 397 g/mol. The number of hydrogen-bond acceptors (Lipinski definition) is 2. The lowest BCUT2D eigenvalue weighted by molar-refractivity contribution is 0.171. The van der Waals surface area contributed by atoms with Crippen LogP contribution >= 0.6 is 11.6 Å². The Morgan fingerprint density at radius 2 is 1.61 bits per heavy atom. The van der Waals surface area contributed by atoms with Crippen LogP contribution in [-0.4, -0.2) is 46.4 Å². The first-order chi connectivity index (χ1) is 13.5. The van der Waals surface area contributed by atoms with Crippen LogP contribution < -0.4 is 0 Å². The number of nitrogens with one attached hydrogen (secondary N) is 1. The summed E-state index contributed by atoms with van der Waals surface area (Å²) in [6.07, 6.45) is 5.24. The zero-order chi connectivity index (χ0) is 19.9. The topological polar surface area (TPSA) is 52.2 Å². The Morgan fingerprint density at radius 1 is 0.964 bits per heavy atom. The molecule has 0 radical (unpaired) electrons. The van der Waals surface area contributed by atoms with Gasteiger partial charge in [-0.2, -0.15) is 0 Å². The summed E-state index contributed by atoms with van der Waals surface area (Å²) in [4.78, 5) is 23.3. The van der Waals surface area contributed by atoms with E-state index < -0.39 is 0 Å². The molecule has 1 heterocycles. The molecule has 0 saturated carbocycles. The highest BCUT2D eigenvalue weighted by Gasteiger charge is 2.14. The zero-order valence-corrected chi connectivity index (χ0v) is 17.0. The van der Waals surface area contributed by atoms with Gasteiger partial charge >= 0.3 is 6.03 Å². The van der Waals surface area contributed by atoms with Crippen molar-refractivity contribution >= 4 is 17.6 Å². The van der Waals surface area contributed by atoms with Crippen molar-refractivity contribution in [3.05, 3.63) is 88.5 Å². The van der Waals surface area contributed by atoms with Crippen molar-refractivity contribution in [2.75, 3.05) is 20.6 Å². The molecular weight excluding hydrogens is 372 g/mol. The van der Waals surface area contributed by atoms with E-state index in [1.807, 2.05) is 44.6 Å². The van der Waals surface area contributed by atoms with Crippen LogP contribution in [0.2, 0.25) is 5.02 Å². The van der Waals surface area contributed by atoms with Gasteiger partial charge in [0, 0.05) is 44.8 Å². The van der Waals surface area contributed by atoms with Crippen LogP contribution in [0.1, 0.15) is 22.4 Å². The fourth-order valence-corrected chi connectivity index (χ4v) is 3.16. The minimum absolute atomic E-state index is 0.00472. The highest BCUT2D eigenvalue weighted by atomic mass is 35.5. The second-order valence-electron chi connectivity index (χ2n) is 6.99.